The lowest BCUT2D eigenvalue weighted by Crippen LogP contribution is -2.15. The van der Waals surface area contributed by atoms with E-state index in [0.717, 1.165) is 6.07 Å². The molecule has 0 spiro atoms. The van der Waals surface area contributed by atoms with Crippen LogP contribution in [0.2, 0.25) is 0 Å². The highest BCUT2D eigenvalue weighted by molar-refractivity contribution is 14.1. The van der Waals surface area contributed by atoms with Crippen molar-refractivity contribution in [3.05, 3.63) is 61.5 Å². The Bertz CT molecular complexity index is 737. The Labute approximate surface area is 132 Å². The Balaban J connectivity index is 2.32. The minimum atomic E-state index is -0.613. The molecule has 2 aromatic carbocycles. The van der Waals surface area contributed by atoms with Crippen LogP contribution in [-0.2, 0) is 0 Å². The average molecular weight is 401 g/mol. The van der Waals surface area contributed by atoms with Crippen LogP contribution in [0.5, 0.6) is 0 Å². The summed E-state index contributed by atoms with van der Waals surface area (Å²) in [4.78, 5) is 22.2. The number of hydrogen-bond acceptors (Lipinski definition) is 4. The highest BCUT2D eigenvalue weighted by atomic mass is 127. The van der Waals surface area contributed by atoms with Crippen LogP contribution in [-0.4, -0.2) is 10.8 Å². The second-order valence-electron chi connectivity index (χ2n) is 4.11. The summed E-state index contributed by atoms with van der Waals surface area (Å²) in [5.74, 6) is -1.02. The van der Waals surface area contributed by atoms with Crippen LogP contribution in [0.15, 0.2) is 36.4 Å². The smallest absolute Gasteiger partial charge is 0.270 e. The minimum Gasteiger partial charge on any atom is -0.398 e. The number of hydrogen-bond donors (Lipinski definition) is 2. The molecule has 0 unspecified atom stereocenters. The van der Waals surface area contributed by atoms with Crippen LogP contribution in [0.25, 0.3) is 0 Å². The number of carbonyl (C=O) groups excluding carboxylic acids is 1. The monoisotopic (exact) mass is 401 g/mol. The molecule has 0 aliphatic heterocycles. The first kappa shape index (κ1) is 15.2. The number of amides is 1. The van der Waals surface area contributed by atoms with Gasteiger partial charge in [0.05, 0.1) is 16.2 Å². The second-order valence-corrected chi connectivity index (χ2v) is 5.27. The van der Waals surface area contributed by atoms with E-state index in [-0.39, 0.29) is 16.9 Å². The van der Waals surface area contributed by atoms with E-state index in [2.05, 4.69) is 5.32 Å². The maximum Gasteiger partial charge on any atom is 0.270 e. The molecule has 0 fully saturated rings. The van der Waals surface area contributed by atoms with Crippen molar-refractivity contribution >= 4 is 45.6 Å². The quantitative estimate of drug-likeness (QED) is 0.357. The number of nitrogens with two attached hydrogens (primary N) is 1. The molecule has 0 aliphatic carbocycles. The fraction of sp³-hybridized carbons (Fsp3) is 0. The van der Waals surface area contributed by atoms with Gasteiger partial charge in [-0.15, -0.1) is 0 Å². The number of nitrogen functional groups attached to an aromatic ring is 1. The zero-order valence-corrected chi connectivity index (χ0v) is 12.6. The largest absolute Gasteiger partial charge is 0.398 e. The molecular weight excluding hydrogens is 392 g/mol. The van der Waals surface area contributed by atoms with Crippen LogP contribution in [0, 0.1) is 19.5 Å². The summed E-state index contributed by atoms with van der Waals surface area (Å²) in [5, 5.41) is 13.3. The van der Waals surface area contributed by atoms with Gasteiger partial charge in [-0.3, -0.25) is 14.9 Å². The molecular formula is C13H9FIN3O3. The van der Waals surface area contributed by atoms with Gasteiger partial charge in [-0.25, -0.2) is 4.39 Å². The highest BCUT2D eigenvalue weighted by Crippen LogP contribution is 2.23. The molecule has 1 amide bonds. The van der Waals surface area contributed by atoms with E-state index < -0.39 is 16.6 Å². The van der Waals surface area contributed by atoms with Gasteiger partial charge in [0.15, 0.2) is 0 Å². The van der Waals surface area contributed by atoms with E-state index in [4.69, 9.17) is 5.73 Å². The van der Waals surface area contributed by atoms with Crippen LogP contribution in [0.4, 0.5) is 21.5 Å². The molecule has 0 saturated carbocycles. The van der Waals surface area contributed by atoms with Crippen molar-refractivity contribution in [2.24, 2.45) is 0 Å². The highest BCUT2D eigenvalue weighted by Gasteiger charge is 2.16. The van der Waals surface area contributed by atoms with Gasteiger partial charge in [0, 0.05) is 21.4 Å². The Morgan fingerprint density at radius 1 is 1.29 bits per heavy atom. The van der Waals surface area contributed by atoms with E-state index >= 15 is 0 Å². The zero-order valence-electron chi connectivity index (χ0n) is 10.5. The number of nitro groups is 1. The van der Waals surface area contributed by atoms with Gasteiger partial charge in [-0.2, -0.15) is 0 Å². The standard InChI is InChI=1S/C13H9FIN3O3/c14-7-1-4-12(10(15)5-7)17-13(19)9-6-8(18(20)21)2-3-11(9)16/h1-6H,16H2,(H,17,19). The predicted octanol–water partition coefficient (Wildman–Crippen LogP) is 3.17. The third-order valence-corrected chi connectivity index (χ3v) is 3.56. The van der Waals surface area contributed by atoms with E-state index in [1.807, 2.05) is 22.6 Å². The molecule has 0 heterocycles. The molecule has 3 N–H and O–H groups in total. The average Bonchev–Trinajstić information content (AvgIpc) is 2.42. The third kappa shape index (κ3) is 3.45. The van der Waals surface area contributed by atoms with Crippen molar-refractivity contribution < 1.29 is 14.1 Å². The van der Waals surface area contributed by atoms with Crippen LogP contribution in [0.3, 0.4) is 0 Å². The molecule has 21 heavy (non-hydrogen) atoms. The summed E-state index contributed by atoms with van der Waals surface area (Å²) in [6.07, 6.45) is 0. The molecule has 2 rings (SSSR count). The Morgan fingerprint density at radius 3 is 2.62 bits per heavy atom. The van der Waals surface area contributed by atoms with Crippen molar-refractivity contribution in [1.82, 2.24) is 0 Å². The van der Waals surface area contributed by atoms with Crippen molar-refractivity contribution in [2.45, 2.75) is 0 Å². The first-order chi connectivity index (χ1) is 9.88. The number of rotatable bonds is 3. The number of halogens is 2. The third-order valence-electron chi connectivity index (χ3n) is 2.67. The van der Waals surface area contributed by atoms with Gasteiger partial charge >= 0.3 is 0 Å². The van der Waals surface area contributed by atoms with Crippen molar-refractivity contribution in [1.29, 1.82) is 0 Å². The van der Waals surface area contributed by atoms with Crippen LogP contribution in [0.1, 0.15) is 10.4 Å². The zero-order chi connectivity index (χ0) is 15.6. The molecule has 6 nitrogen and oxygen atoms in total. The van der Waals surface area contributed by atoms with Crippen LogP contribution < -0.4 is 11.1 Å². The molecule has 8 heteroatoms. The normalized spacial score (nSPS) is 10.2. The van der Waals surface area contributed by atoms with E-state index in [9.17, 15) is 19.3 Å². The van der Waals surface area contributed by atoms with Gasteiger partial charge in [0.2, 0.25) is 0 Å². The lowest BCUT2D eigenvalue weighted by atomic mass is 10.1. The molecule has 0 radical (unpaired) electrons. The van der Waals surface area contributed by atoms with Gasteiger partial charge in [-0.1, -0.05) is 0 Å². The van der Waals surface area contributed by atoms with E-state index in [0.29, 0.717) is 9.26 Å². The Kier molecular flexibility index (Phi) is 4.36. The number of non-ortho nitro benzene ring substituents is 1. The van der Waals surface area contributed by atoms with Crippen molar-refractivity contribution in [3.63, 3.8) is 0 Å². The SMILES string of the molecule is Nc1ccc([N+](=O)[O-])cc1C(=O)Nc1ccc(F)cc1I. The summed E-state index contributed by atoms with van der Waals surface area (Å²) >= 11 is 1.87. The molecule has 108 valence electrons. The minimum absolute atomic E-state index is 0.00988. The summed E-state index contributed by atoms with van der Waals surface area (Å²) in [5.41, 5.74) is 5.93. The number of nitro benzene ring substituents is 1. The maximum absolute atomic E-state index is 13.0. The summed E-state index contributed by atoms with van der Waals surface area (Å²) < 4.78 is 13.5. The van der Waals surface area contributed by atoms with Crippen molar-refractivity contribution in [3.8, 4) is 0 Å². The van der Waals surface area contributed by atoms with Gasteiger partial charge < -0.3 is 11.1 Å². The maximum atomic E-state index is 13.0. The summed E-state index contributed by atoms with van der Waals surface area (Å²) in [6, 6.07) is 7.47. The molecule has 0 aromatic heterocycles. The lowest BCUT2D eigenvalue weighted by molar-refractivity contribution is -0.384. The lowest BCUT2D eigenvalue weighted by Gasteiger charge is -2.09. The Morgan fingerprint density at radius 2 is 2.00 bits per heavy atom. The fourth-order valence-corrected chi connectivity index (χ4v) is 2.25. The molecule has 2 aromatic rings. The number of benzene rings is 2. The predicted molar refractivity (Wildman–Crippen MR) is 84.6 cm³/mol. The summed E-state index contributed by atoms with van der Waals surface area (Å²) in [7, 11) is 0. The van der Waals surface area contributed by atoms with Gasteiger partial charge in [0.25, 0.3) is 11.6 Å². The fourth-order valence-electron chi connectivity index (χ4n) is 1.63. The van der Waals surface area contributed by atoms with Crippen LogP contribution >= 0.6 is 22.6 Å². The molecule has 0 aliphatic rings. The number of nitrogens with zero attached hydrogens (tertiary/aromatic N) is 1. The molecule has 0 saturated heterocycles. The van der Waals surface area contributed by atoms with E-state index in [1.165, 1.54) is 30.3 Å². The number of anilines is 2. The second kappa shape index (κ2) is 6.04. The molecule has 0 bridgehead atoms. The first-order valence-electron chi connectivity index (χ1n) is 5.69. The van der Waals surface area contributed by atoms with E-state index in [1.54, 1.807) is 0 Å². The van der Waals surface area contributed by atoms with Gasteiger partial charge in [-0.05, 0) is 46.9 Å². The molecule has 0 atom stereocenters. The van der Waals surface area contributed by atoms with Gasteiger partial charge in [0.1, 0.15) is 5.82 Å². The Hall–Kier alpha value is -2.23. The number of nitrogens with one attached hydrogen (secondary N) is 1. The van der Waals surface area contributed by atoms with Crippen molar-refractivity contribution in [2.75, 3.05) is 11.1 Å². The first-order valence-corrected chi connectivity index (χ1v) is 6.76. The summed E-state index contributed by atoms with van der Waals surface area (Å²) in [6.45, 7) is 0. The topological polar surface area (TPSA) is 98.3 Å². The number of carbonyl (C=O) groups is 1.